The maximum absolute atomic E-state index is 12.4. The van der Waals surface area contributed by atoms with E-state index in [4.69, 9.17) is 0 Å². The molecule has 2 N–H and O–H groups in total. The van der Waals surface area contributed by atoms with Crippen molar-refractivity contribution in [2.24, 2.45) is 4.99 Å². The van der Waals surface area contributed by atoms with E-state index in [0.29, 0.717) is 31.5 Å². The zero-order valence-electron chi connectivity index (χ0n) is 14.4. The molecule has 0 saturated carbocycles. The molecule has 2 rings (SSSR count). The third kappa shape index (κ3) is 6.91. The minimum absolute atomic E-state index is 0. The van der Waals surface area contributed by atoms with Gasteiger partial charge >= 0.3 is 6.18 Å². The average Bonchev–Trinajstić information content (AvgIpc) is 3.10. The Balaban J connectivity index is 0.00000288. The monoisotopic (exact) mass is 463 g/mol. The third-order valence-corrected chi connectivity index (χ3v) is 4.65. The fraction of sp³-hybridized carbons (Fsp3) is 0.933. The van der Waals surface area contributed by atoms with Gasteiger partial charge in [0.15, 0.2) is 5.96 Å². The smallest absolute Gasteiger partial charge is 0.355 e. The highest BCUT2D eigenvalue weighted by Crippen LogP contribution is 2.20. The van der Waals surface area contributed by atoms with E-state index in [2.05, 4.69) is 27.4 Å². The van der Waals surface area contributed by atoms with E-state index in [1.807, 2.05) is 0 Å². The number of halogens is 4. The number of aliphatic imine (C=N–C) groups is 1. The zero-order valence-corrected chi connectivity index (χ0v) is 16.7. The molecule has 142 valence electrons. The summed E-state index contributed by atoms with van der Waals surface area (Å²) in [7, 11) is 1.70. The van der Waals surface area contributed by atoms with Crippen molar-refractivity contribution in [1.82, 2.24) is 20.4 Å². The second-order valence-corrected chi connectivity index (χ2v) is 6.36. The Hall–Kier alpha value is -0.290. The van der Waals surface area contributed by atoms with E-state index in [1.54, 1.807) is 7.05 Å². The first-order valence-electron chi connectivity index (χ1n) is 8.41. The molecule has 2 atom stereocenters. The summed E-state index contributed by atoms with van der Waals surface area (Å²) in [6, 6.07) is 0.540. The normalized spacial score (nSPS) is 26.5. The predicted molar refractivity (Wildman–Crippen MR) is 101 cm³/mol. The van der Waals surface area contributed by atoms with E-state index in [1.165, 1.54) is 17.7 Å². The van der Waals surface area contributed by atoms with Crippen LogP contribution in [0.15, 0.2) is 4.99 Å². The van der Waals surface area contributed by atoms with Crippen molar-refractivity contribution in [1.29, 1.82) is 0 Å². The molecule has 2 unspecified atom stereocenters. The Morgan fingerprint density at radius 2 is 2.00 bits per heavy atom. The molecule has 0 aromatic heterocycles. The molecule has 2 fully saturated rings. The Labute approximate surface area is 159 Å². The lowest BCUT2D eigenvalue weighted by molar-refractivity contribution is -0.143. The third-order valence-electron chi connectivity index (χ3n) is 4.65. The van der Waals surface area contributed by atoms with Crippen LogP contribution in [-0.4, -0.2) is 80.3 Å². The maximum atomic E-state index is 12.4. The van der Waals surface area contributed by atoms with Crippen LogP contribution in [0.2, 0.25) is 0 Å². The summed E-state index contributed by atoms with van der Waals surface area (Å²) in [6.07, 6.45) is -1.01. The summed E-state index contributed by atoms with van der Waals surface area (Å²) in [4.78, 5) is 8.09. The van der Waals surface area contributed by atoms with E-state index in [-0.39, 0.29) is 30.0 Å². The van der Waals surface area contributed by atoms with Gasteiger partial charge in [0.25, 0.3) is 0 Å². The fourth-order valence-electron chi connectivity index (χ4n) is 3.49. The topological polar surface area (TPSA) is 42.9 Å². The molecule has 0 aliphatic carbocycles. The van der Waals surface area contributed by atoms with Gasteiger partial charge in [-0.1, -0.05) is 6.92 Å². The quantitative estimate of drug-likeness (QED) is 0.372. The molecular weight excluding hydrogens is 434 g/mol. The molecule has 2 heterocycles. The SMILES string of the molecule is CCN1CCCC1CNC(=NC)NC1CCN(CC(F)(F)F)C1.I. The van der Waals surface area contributed by atoms with Gasteiger partial charge < -0.3 is 10.6 Å². The number of nitrogens with one attached hydrogen (secondary N) is 2. The van der Waals surface area contributed by atoms with Crippen LogP contribution in [0, 0.1) is 0 Å². The molecule has 0 bridgehead atoms. The largest absolute Gasteiger partial charge is 0.401 e. The number of likely N-dealkylation sites (N-methyl/N-ethyl adjacent to an activating group) is 1. The first kappa shape index (κ1) is 21.8. The van der Waals surface area contributed by atoms with Crippen molar-refractivity contribution in [2.45, 2.75) is 44.4 Å². The standard InChI is InChI=1S/C15H28F3N5.HI/c1-3-23-7-4-5-13(23)9-20-14(19-2)21-12-6-8-22(10-12)11-15(16,17)18;/h12-13H,3-11H2,1-2H3,(H2,19,20,21);1H. The molecule has 2 aliphatic rings. The highest BCUT2D eigenvalue weighted by molar-refractivity contribution is 14.0. The molecular formula is C15H29F3IN5. The van der Waals surface area contributed by atoms with Crippen molar-refractivity contribution in [3.8, 4) is 0 Å². The highest BCUT2D eigenvalue weighted by Gasteiger charge is 2.34. The predicted octanol–water partition coefficient (Wildman–Crippen LogP) is 1.89. The second-order valence-electron chi connectivity index (χ2n) is 6.36. The van der Waals surface area contributed by atoms with E-state index >= 15 is 0 Å². The van der Waals surface area contributed by atoms with Crippen LogP contribution in [0.4, 0.5) is 13.2 Å². The number of nitrogens with zero attached hydrogens (tertiary/aromatic N) is 3. The summed E-state index contributed by atoms with van der Waals surface area (Å²) >= 11 is 0. The molecule has 0 aromatic rings. The van der Waals surface area contributed by atoms with Crippen molar-refractivity contribution in [2.75, 3.05) is 46.3 Å². The van der Waals surface area contributed by atoms with Gasteiger partial charge in [-0.25, -0.2) is 0 Å². The maximum Gasteiger partial charge on any atom is 0.401 e. The van der Waals surface area contributed by atoms with Gasteiger partial charge in [0, 0.05) is 38.8 Å². The lowest BCUT2D eigenvalue weighted by atomic mass is 10.2. The Kier molecular flexibility index (Phi) is 9.07. The Morgan fingerprint density at radius 1 is 1.25 bits per heavy atom. The molecule has 5 nitrogen and oxygen atoms in total. The van der Waals surface area contributed by atoms with Gasteiger partial charge in [-0.2, -0.15) is 13.2 Å². The molecule has 0 amide bonds. The van der Waals surface area contributed by atoms with E-state index in [0.717, 1.165) is 19.6 Å². The van der Waals surface area contributed by atoms with Gasteiger partial charge in [-0.3, -0.25) is 14.8 Å². The summed E-state index contributed by atoms with van der Waals surface area (Å²) in [5.74, 6) is 0.687. The molecule has 0 aromatic carbocycles. The van der Waals surface area contributed by atoms with Gasteiger partial charge in [0.05, 0.1) is 6.54 Å². The minimum atomic E-state index is -4.12. The van der Waals surface area contributed by atoms with Crippen LogP contribution in [0.5, 0.6) is 0 Å². The van der Waals surface area contributed by atoms with Crippen LogP contribution < -0.4 is 10.6 Å². The summed E-state index contributed by atoms with van der Waals surface area (Å²) in [5.41, 5.74) is 0. The molecule has 2 saturated heterocycles. The van der Waals surface area contributed by atoms with Crippen LogP contribution in [0.25, 0.3) is 0 Å². The number of hydrogen-bond donors (Lipinski definition) is 2. The van der Waals surface area contributed by atoms with Crippen LogP contribution in [-0.2, 0) is 0 Å². The first-order chi connectivity index (χ1) is 10.9. The first-order valence-corrected chi connectivity index (χ1v) is 8.41. The highest BCUT2D eigenvalue weighted by atomic mass is 127. The van der Waals surface area contributed by atoms with Crippen molar-refractivity contribution in [3.05, 3.63) is 0 Å². The Bertz CT molecular complexity index is 405. The molecule has 0 spiro atoms. The lowest BCUT2D eigenvalue weighted by Gasteiger charge is -2.25. The van der Waals surface area contributed by atoms with Crippen LogP contribution in [0.3, 0.4) is 0 Å². The number of guanidine groups is 1. The van der Waals surface area contributed by atoms with Crippen molar-refractivity contribution in [3.63, 3.8) is 0 Å². The zero-order chi connectivity index (χ0) is 16.9. The van der Waals surface area contributed by atoms with Gasteiger partial charge in [0.2, 0.25) is 0 Å². The summed E-state index contributed by atoms with van der Waals surface area (Å²) in [6.45, 7) is 5.23. The second kappa shape index (κ2) is 10.0. The number of likely N-dealkylation sites (tertiary alicyclic amines) is 2. The molecule has 2 aliphatic heterocycles. The molecule has 9 heteroatoms. The molecule has 24 heavy (non-hydrogen) atoms. The van der Waals surface area contributed by atoms with Crippen LogP contribution >= 0.6 is 24.0 Å². The van der Waals surface area contributed by atoms with Crippen molar-refractivity contribution >= 4 is 29.9 Å². The average molecular weight is 463 g/mol. The van der Waals surface area contributed by atoms with Crippen molar-refractivity contribution < 1.29 is 13.2 Å². The fourth-order valence-corrected chi connectivity index (χ4v) is 3.49. The van der Waals surface area contributed by atoms with Gasteiger partial charge in [-0.15, -0.1) is 24.0 Å². The van der Waals surface area contributed by atoms with E-state index < -0.39 is 12.7 Å². The van der Waals surface area contributed by atoms with Gasteiger partial charge in [-0.05, 0) is 32.4 Å². The molecule has 0 radical (unpaired) electrons. The number of alkyl halides is 3. The Morgan fingerprint density at radius 3 is 2.62 bits per heavy atom. The van der Waals surface area contributed by atoms with Gasteiger partial charge in [0.1, 0.15) is 0 Å². The van der Waals surface area contributed by atoms with Crippen LogP contribution in [0.1, 0.15) is 26.2 Å². The minimum Gasteiger partial charge on any atom is -0.355 e. The summed E-state index contributed by atoms with van der Waals surface area (Å²) < 4.78 is 37.3. The lowest BCUT2D eigenvalue weighted by Crippen LogP contribution is -2.48. The van der Waals surface area contributed by atoms with E-state index in [9.17, 15) is 13.2 Å². The number of hydrogen-bond acceptors (Lipinski definition) is 3. The number of rotatable bonds is 5. The summed E-state index contributed by atoms with van der Waals surface area (Å²) in [5, 5.41) is 6.57.